The summed E-state index contributed by atoms with van der Waals surface area (Å²) in [6, 6.07) is 0. The van der Waals surface area contributed by atoms with Crippen LogP contribution in [0.3, 0.4) is 0 Å². The van der Waals surface area contributed by atoms with E-state index in [0.29, 0.717) is 12.2 Å². The van der Waals surface area contributed by atoms with E-state index in [0.717, 1.165) is 25.7 Å². The maximum Gasteiger partial charge on any atom is 0.0686 e. The molecule has 0 aliphatic carbocycles. The monoisotopic (exact) mass is 322 g/mol. The number of ether oxygens (including phenoxy) is 3. The number of hydrogen-bond donors (Lipinski definition) is 0. The zero-order valence-corrected chi connectivity index (χ0v) is 15.5. The van der Waals surface area contributed by atoms with Gasteiger partial charge in [0.15, 0.2) is 0 Å². The van der Waals surface area contributed by atoms with Crippen molar-refractivity contribution in [3.63, 3.8) is 0 Å². The fraction of sp³-hybridized carbons (Fsp3) is 1.00. The highest BCUT2D eigenvalue weighted by molar-refractivity contribution is 5.01. The maximum atomic E-state index is 6.71. The zero-order chi connectivity index (χ0) is 16.3. The van der Waals surface area contributed by atoms with Crippen molar-refractivity contribution >= 4 is 0 Å². The van der Waals surface area contributed by atoms with Gasteiger partial charge in [-0.05, 0) is 66.2 Å². The predicted octanol–water partition coefficient (Wildman–Crippen LogP) is 4.76. The van der Waals surface area contributed by atoms with Gasteiger partial charge < -0.3 is 14.2 Å². The van der Waals surface area contributed by atoms with Crippen molar-refractivity contribution in [3.8, 4) is 0 Å². The second-order valence-corrected chi connectivity index (χ2v) is 9.91. The molecule has 0 amide bonds. The van der Waals surface area contributed by atoms with E-state index in [-0.39, 0.29) is 22.4 Å². The Balaban J connectivity index is 1.46. The van der Waals surface area contributed by atoms with E-state index in [1.807, 2.05) is 0 Å². The maximum absolute atomic E-state index is 6.71. The van der Waals surface area contributed by atoms with Crippen LogP contribution in [0.2, 0.25) is 0 Å². The molecule has 4 atom stereocenters. The number of hydrogen-bond acceptors (Lipinski definition) is 3. The molecule has 0 aromatic rings. The minimum absolute atomic E-state index is 0.0325. The van der Waals surface area contributed by atoms with Crippen LogP contribution in [-0.2, 0) is 14.2 Å². The van der Waals surface area contributed by atoms with Gasteiger partial charge in [-0.15, -0.1) is 0 Å². The largest absolute Gasteiger partial charge is 0.375 e. The quantitative estimate of drug-likeness (QED) is 0.733. The Bertz CT molecular complexity index is 402. The van der Waals surface area contributed by atoms with Gasteiger partial charge in [0.2, 0.25) is 0 Å². The Morgan fingerprint density at radius 3 is 1.22 bits per heavy atom. The van der Waals surface area contributed by atoms with Crippen LogP contribution in [0.4, 0.5) is 0 Å². The third-order valence-electron chi connectivity index (χ3n) is 6.83. The second-order valence-electron chi connectivity index (χ2n) is 9.91. The van der Waals surface area contributed by atoms with Gasteiger partial charge in [-0.1, -0.05) is 0 Å². The van der Waals surface area contributed by atoms with E-state index >= 15 is 0 Å². The van der Waals surface area contributed by atoms with Gasteiger partial charge in [-0.3, -0.25) is 0 Å². The molecule has 0 aromatic carbocycles. The smallest absolute Gasteiger partial charge is 0.0686 e. The molecule has 23 heavy (non-hydrogen) atoms. The highest BCUT2D eigenvalue weighted by Crippen LogP contribution is 2.49. The molecular formula is C20H34O3. The first kappa shape index (κ1) is 16.4. The molecule has 0 saturated carbocycles. The van der Waals surface area contributed by atoms with Crippen LogP contribution in [0, 0.1) is 0 Å². The van der Waals surface area contributed by atoms with Gasteiger partial charge in [0.1, 0.15) is 0 Å². The highest BCUT2D eigenvalue weighted by Gasteiger charge is 2.51. The van der Waals surface area contributed by atoms with Crippen molar-refractivity contribution in [2.45, 2.75) is 127 Å². The summed E-state index contributed by atoms with van der Waals surface area (Å²) >= 11 is 0. The lowest BCUT2D eigenvalue weighted by Crippen LogP contribution is -2.57. The molecule has 0 aromatic heterocycles. The molecule has 0 spiro atoms. The Morgan fingerprint density at radius 1 is 0.609 bits per heavy atom. The van der Waals surface area contributed by atoms with E-state index in [4.69, 9.17) is 14.2 Å². The molecule has 4 bridgehead atoms. The normalized spacial score (nSPS) is 56.3. The summed E-state index contributed by atoms with van der Waals surface area (Å²) in [5, 5.41) is 0. The number of fused-ring (bicyclic) bond motifs is 4. The first-order valence-corrected chi connectivity index (χ1v) is 9.75. The van der Waals surface area contributed by atoms with Crippen molar-refractivity contribution in [3.05, 3.63) is 0 Å². The lowest BCUT2D eigenvalue weighted by molar-refractivity contribution is -0.270. The molecule has 132 valence electrons. The van der Waals surface area contributed by atoms with E-state index in [1.54, 1.807) is 0 Å². The summed E-state index contributed by atoms with van der Waals surface area (Å²) in [5.74, 6) is 0. The molecule has 4 unspecified atom stereocenters. The van der Waals surface area contributed by atoms with Gasteiger partial charge in [-0.25, -0.2) is 0 Å². The van der Waals surface area contributed by atoms with Gasteiger partial charge >= 0.3 is 0 Å². The van der Waals surface area contributed by atoms with E-state index in [9.17, 15) is 0 Å². The van der Waals surface area contributed by atoms with Crippen LogP contribution in [-0.4, -0.2) is 34.6 Å². The summed E-state index contributed by atoms with van der Waals surface area (Å²) in [5.41, 5.74) is 0.130. The van der Waals surface area contributed by atoms with Crippen molar-refractivity contribution in [1.29, 1.82) is 0 Å². The Morgan fingerprint density at radius 2 is 0.913 bits per heavy atom. The molecule has 4 saturated heterocycles. The van der Waals surface area contributed by atoms with Gasteiger partial charge in [0, 0.05) is 25.7 Å². The second kappa shape index (κ2) is 5.19. The molecule has 0 radical (unpaired) electrons. The predicted molar refractivity (Wildman–Crippen MR) is 90.6 cm³/mol. The molecule has 3 nitrogen and oxygen atoms in total. The first-order valence-electron chi connectivity index (χ1n) is 9.75. The molecule has 4 heterocycles. The van der Waals surface area contributed by atoms with E-state index in [1.165, 1.54) is 38.5 Å². The molecular weight excluding hydrogens is 288 g/mol. The third kappa shape index (κ3) is 3.21. The third-order valence-corrected chi connectivity index (χ3v) is 6.83. The van der Waals surface area contributed by atoms with Crippen LogP contribution >= 0.6 is 0 Å². The topological polar surface area (TPSA) is 27.7 Å². The molecule has 4 aliphatic rings. The molecule has 3 heteroatoms. The molecule has 4 rings (SSSR count). The van der Waals surface area contributed by atoms with Gasteiger partial charge in [0.05, 0.1) is 34.6 Å². The SMILES string of the molecule is CC12CCCC(C)(CC(OC3CC4(C)CCCC(C)(C3)O4)C1)O2. The lowest BCUT2D eigenvalue weighted by atomic mass is 9.74. The van der Waals surface area contributed by atoms with Gasteiger partial charge in [0.25, 0.3) is 0 Å². The van der Waals surface area contributed by atoms with Crippen molar-refractivity contribution in [2.75, 3.05) is 0 Å². The average Bonchev–Trinajstić information content (AvgIpc) is 2.32. The van der Waals surface area contributed by atoms with E-state index in [2.05, 4.69) is 27.7 Å². The van der Waals surface area contributed by atoms with Crippen LogP contribution in [0.1, 0.15) is 91.9 Å². The van der Waals surface area contributed by atoms with E-state index < -0.39 is 0 Å². The molecule has 4 aliphatic heterocycles. The Kier molecular flexibility index (Phi) is 3.69. The van der Waals surface area contributed by atoms with Crippen molar-refractivity contribution < 1.29 is 14.2 Å². The van der Waals surface area contributed by atoms with Crippen LogP contribution < -0.4 is 0 Å². The Labute approximate surface area is 141 Å². The van der Waals surface area contributed by atoms with Crippen LogP contribution in [0.25, 0.3) is 0 Å². The highest BCUT2D eigenvalue weighted by atomic mass is 16.6. The summed E-state index contributed by atoms with van der Waals surface area (Å²) in [6.07, 6.45) is 12.3. The Hall–Kier alpha value is -0.120. The summed E-state index contributed by atoms with van der Waals surface area (Å²) in [6.45, 7) is 9.17. The molecule has 4 fully saturated rings. The standard InChI is InChI=1S/C20H34O3/c1-17-7-5-8-18(2,22-17)12-15(11-17)21-16-13-19(3)9-6-10-20(4,14-16)23-19/h15-16H,5-14H2,1-4H3. The van der Waals surface area contributed by atoms with Crippen LogP contribution in [0.5, 0.6) is 0 Å². The summed E-state index contributed by atoms with van der Waals surface area (Å²) < 4.78 is 19.6. The average molecular weight is 322 g/mol. The number of rotatable bonds is 2. The van der Waals surface area contributed by atoms with Crippen molar-refractivity contribution in [2.24, 2.45) is 0 Å². The fourth-order valence-electron chi connectivity index (χ4n) is 6.18. The first-order chi connectivity index (χ1) is 10.7. The zero-order valence-electron chi connectivity index (χ0n) is 15.5. The van der Waals surface area contributed by atoms with Gasteiger partial charge in [-0.2, -0.15) is 0 Å². The minimum Gasteiger partial charge on any atom is -0.375 e. The summed E-state index contributed by atoms with van der Waals surface area (Å²) in [7, 11) is 0. The van der Waals surface area contributed by atoms with Crippen LogP contribution in [0.15, 0.2) is 0 Å². The fourth-order valence-corrected chi connectivity index (χ4v) is 6.18. The minimum atomic E-state index is 0.0325. The lowest BCUT2D eigenvalue weighted by Gasteiger charge is -2.55. The molecule has 0 N–H and O–H groups in total. The van der Waals surface area contributed by atoms with Crippen molar-refractivity contribution in [1.82, 2.24) is 0 Å². The summed E-state index contributed by atoms with van der Waals surface area (Å²) in [4.78, 5) is 0.